The minimum atomic E-state index is 0. The van der Waals surface area contributed by atoms with Gasteiger partial charge < -0.3 is 15.5 Å². The molecule has 2 N–H and O–H groups in total. The molecular weight excluding hydrogens is 471 g/mol. The summed E-state index contributed by atoms with van der Waals surface area (Å²) >= 11 is 1.73. The van der Waals surface area contributed by atoms with E-state index >= 15 is 0 Å². The highest BCUT2D eigenvalue weighted by Gasteiger charge is 2.11. The molecule has 7 heteroatoms. The molecule has 0 aliphatic carbocycles. The average molecular weight is 500 g/mol. The molecule has 0 saturated carbocycles. The summed E-state index contributed by atoms with van der Waals surface area (Å²) in [5.74, 6) is 0.875. The van der Waals surface area contributed by atoms with Crippen LogP contribution in [-0.2, 0) is 13.1 Å². The van der Waals surface area contributed by atoms with Crippen molar-refractivity contribution in [2.24, 2.45) is 4.99 Å². The van der Waals surface area contributed by atoms with Crippen molar-refractivity contribution in [2.75, 3.05) is 19.6 Å². The van der Waals surface area contributed by atoms with Gasteiger partial charge in [0.1, 0.15) is 0 Å². The van der Waals surface area contributed by atoms with E-state index in [-0.39, 0.29) is 29.9 Å². The number of nitrogens with one attached hydrogen (secondary N) is 2. The quantitative estimate of drug-likeness (QED) is 0.326. The Bertz CT molecular complexity index is 697. The number of carbonyl (C=O) groups excluding carboxylic acids is 1. The van der Waals surface area contributed by atoms with E-state index in [1.165, 1.54) is 4.88 Å². The predicted octanol–water partition coefficient (Wildman–Crippen LogP) is 4.10. The van der Waals surface area contributed by atoms with Gasteiger partial charge in [-0.2, -0.15) is 0 Å². The third kappa shape index (κ3) is 7.50. The fourth-order valence-corrected chi connectivity index (χ4v) is 3.19. The summed E-state index contributed by atoms with van der Waals surface area (Å²) in [7, 11) is 0. The van der Waals surface area contributed by atoms with Crippen LogP contribution in [-0.4, -0.2) is 36.4 Å². The highest BCUT2D eigenvalue weighted by Crippen LogP contribution is 2.09. The van der Waals surface area contributed by atoms with E-state index in [4.69, 9.17) is 0 Å². The molecule has 1 heterocycles. The van der Waals surface area contributed by atoms with E-state index in [1.807, 2.05) is 49.1 Å². The number of halogens is 1. The van der Waals surface area contributed by atoms with Gasteiger partial charge in [-0.25, -0.2) is 4.99 Å². The standard InChI is InChI=1S/C20H28N4OS.HI/c1-4-21-20(23-15-18-8-7-13-26-18)22-14-16-9-11-17(12-10-16)19(25)24(5-2)6-3;/h7-13H,4-6,14-15H2,1-3H3,(H2,21,22,23);1H. The van der Waals surface area contributed by atoms with Crippen molar-refractivity contribution in [3.63, 3.8) is 0 Å². The van der Waals surface area contributed by atoms with Crippen LogP contribution in [0, 0.1) is 0 Å². The summed E-state index contributed by atoms with van der Waals surface area (Å²) in [5, 5.41) is 8.67. The third-order valence-corrected chi connectivity index (χ3v) is 4.90. The number of hydrogen-bond acceptors (Lipinski definition) is 3. The molecule has 0 atom stereocenters. The molecule has 0 unspecified atom stereocenters. The largest absolute Gasteiger partial charge is 0.357 e. The average Bonchev–Trinajstić information content (AvgIpc) is 3.19. The van der Waals surface area contributed by atoms with Crippen molar-refractivity contribution in [2.45, 2.75) is 33.9 Å². The zero-order chi connectivity index (χ0) is 18.8. The fourth-order valence-electron chi connectivity index (χ4n) is 2.54. The molecule has 1 aromatic heterocycles. The number of rotatable bonds is 8. The molecule has 1 amide bonds. The number of benzene rings is 1. The lowest BCUT2D eigenvalue weighted by atomic mass is 10.1. The van der Waals surface area contributed by atoms with Gasteiger partial charge in [-0.05, 0) is 49.9 Å². The Kier molecular flexibility index (Phi) is 11.0. The Morgan fingerprint density at radius 1 is 1.07 bits per heavy atom. The van der Waals surface area contributed by atoms with Crippen LogP contribution in [0.25, 0.3) is 0 Å². The molecule has 0 radical (unpaired) electrons. The van der Waals surface area contributed by atoms with Gasteiger partial charge in [0, 0.05) is 30.1 Å². The van der Waals surface area contributed by atoms with Gasteiger partial charge in [-0.3, -0.25) is 4.79 Å². The number of carbonyl (C=O) groups is 1. The van der Waals surface area contributed by atoms with Crippen LogP contribution in [0.4, 0.5) is 0 Å². The van der Waals surface area contributed by atoms with Crippen LogP contribution >= 0.6 is 35.3 Å². The summed E-state index contributed by atoms with van der Waals surface area (Å²) < 4.78 is 0. The molecule has 27 heavy (non-hydrogen) atoms. The van der Waals surface area contributed by atoms with Crippen LogP contribution in [0.15, 0.2) is 46.8 Å². The maximum atomic E-state index is 12.3. The zero-order valence-corrected chi connectivity index (χ0v) is 19.3. The predicted molar refractivity (Wildman–Crippen MR) is 125 cm³/mol. The lowest BCUT2D eigenvalue weighted by Crippen LogP contribution is -2.36. The zero-order valence-electron chi connectivity index (χ0n) is 16.2. The summed E-state index contributed by atoms with van der Waals surface area (Å²) in [4.78, 5) is 20.1. The first-order valence-corrected chi connectivity index (χ1v) is 9.98. The van der Waals surface area contributed by atoms with Crippen molar-refractivity contribution < 1.29 is 4.79 Å². The second-order valence-electron chi connectivity index (χ2n) is 5.80. The summed E-state index contributed by atoms with van der Waals surface area (Å²) in [5.41, 5.74) is 1.80. The fraction of sp³-hybridized carbons (Fsp3) is 0.400. The van der Waals surface area contributed by atoms with Crippen LogP contribution in [0.2, 0.25) is 0 Å². The second-order valence-corrected chi connectivity index (χ2v) is 6.83. The molecule has 0 saturated heterocycles. The topological polar surface area (TPSA) is 56.7 Å². The highest BCUT2D eigenvalue weighted by atomic mass is 127. The molecule has 1 aromatic carbocycles. The Morgan fingerprint density at radius 3 is 2.33 bits per heavy atom. The molecule has 0 spiro atoms. The Hall–Kier alpha value is -1.61. The Labute approximate surface area is 183 Å². The molecule has 0 aliphatic heterocycles. The van der Waals surface area contributed by atoms with E-state index in [0.29, 0.717) is 6.54 Å². The lowest BCUT2D eigenvalue weighted by Gasteiger charge is -2.18. The van der Waals surface area contributed by atoms with Crippen LogP contribution in [0.5, 0.6) is 0 Å². The van der Waals surface area contributed by atoms with Crippen molar-refractivity contribution in [1.29, 1.82) is 0 Å². The normalized spacial score (nSPS) is 10.9. The van der Waals surface area contributed by atoms with E-state index in [0.717, 1.165) is 43.3 Å². The SMILES string of the molecule is CCNC(=NCc1ccc(C(=O)N(CC)CC)cc1)NCc1cccs1.I. The van der Waals surface area contributed by atoms with Gasteiger partial charge >= 0.3 is 0 Å². The molecule has 2 aromatic rings. The van der Waals surface area contributed by atoms with Crippen molar-refractivity contribution in [3.8, 4) is 0 Å². The lowest BCUT2D eigenvalue weighted by molar-refractivity contribution is 0.0773. The van der Waals surface area contributed by atoms with Gasteiger partial charge in [-0.15, -0.1) is 35.3 Å². The van der Waals surface area contributed by atoms with E-state index < -0.39 is 0 Å². The molecule has 148 valence electrons. The first kappa shape index (κ1) is 23.4. The van der Waals surface area contributed by atoms with Crippen LogP contribution in [0.3, 0.4) is 0 Å². The van der Waals surface area contributed by atoms with Crippen LogP contribution in [0.1, 0.15) is 41.6 Å². The summed E-state index contributed by atoms with van der Waals surface area (Å²) in [6, 6.07) is 11.9. The minimum Gasteiger partial charge on any atom is -0.357 e. The first-order chi connectivity index (χ1) is 12.7. The number of thiophene rings is 1. The minimum absolute atomic E-state index is 0. The van der Waals surface area contributed by atoms with E-state index in [1.54, 1.807) is 11.3 Å². The summed E-state index contributed by atoms with van der Waals surface area (Å²) in [6.45, 7) is 9.64. The number of hydrogen-bond donors (Lipinski definition) is 2. The van der Waals surface area contributed by atoms with E-state index in [2.05, 4.69) is 34.0 Å². The maximum absolute atomic E-state index is 12.3. The van der Waals surface area contributed by atoms with Gasteiger partial charge in [0.15, 0.2) is 5.96 Å². The molecule has 0 bridgehead atoms. The number of amides is 1. The number of aliphatic imine (C=N–C) groups is 1. The number of nitrogens with zero attached hydrogens (tertiary/aromatic N) is 2. The second kappa shape index (κ2) is 12.7. The molecule has 0 fully saturated rings. The van der Waals surface area contributed by atoms with Crippen molar-refractivity contribution in [1.82, 2.24) is 15.5 Å². The first-order valence-electron chi connectivity index (χ1n) is 9.10. The maximum Gasteiger partial charge on any atom is 0.253 e. The van der Waals surface area contributed by atoms with Gasteiger partial charge in [0.25, 0.3) is 5.91 Å². The molecule has 0 aliphatic rings. The molecule has 5 nitrogen and oxygen atoms in total. The Balaban J connectivity index is 0.00000364. The van der Waals surface area contributed by atoms with Gasteiger partial charge in [0.05, 0.1) is 13.1 Å². The van der Waals surface area contributed by atoms with Gasteiger partial charge in [-0.1, -0.05) is 18.2 Å². The van der Waals surface area contributed by atoms with Crippen molar-refractivity contribution >= 4 is 47.2 Å². The van der Waals surface area contributed by atoms with Crippen LogP contribution < -0.4 is 10.6 Å². The monoisotopic (exact) mass is 500 g/mol. The Morgan fingerprint density at radius 2 is 1.78 bits per heavy atom. The molecular formula is C20H29IN4OS. The third-order valence-electron chi connectivity index (χ3n) is 4.03. The smallest absolute Gasteiger partial charge is 0.253 e. The highest BCUT2D eigenvalue weighted by molar-refractivity contribution is 14.0. The van der Waals surface area contributed by atoms with Gasteiger partial charge in [0.2, 0.25) is 0 Å². The number of guanidine groups is 1. The summed E-state index contributed by atoms with van der Waals surface area (Å²) in [6.07, 6.45) is 0. The van der Waals surface area contributed by atoms with Crippen molar-refractivity contribution in [3.05, 3.63) is 57.8 Å². The molecule has 2 rings (SSSR count). The van der Waals surface area contributed by atoms with E-state index in [9.17, 15) is 4.79 Å².